The zero-order valence-electron chi connectivity index (χ0n) is 12.3. The number of carbonyl (C=O) groups excluding carboxylic acids is 1. The molecule has 108 valence electrons. The second-order valence-electron chi connectivity index (χ2n) is 5.56. The molecule has 0 saturated carbocycles. The number of nitrogens with one attached hydrogen (secondary N) is 1. The molecule has 0 bridgehead atoms. The molecule has 3 nitrogen and oxygen atoms in total. The van der Waals surface area contributed by atoms with Gasteiger partial charge in [0.25, 0.3) is 5.91 Å². The highest BCUT2D eigenvalue weighted by atomic mass is 16.5. The van der Waals surface area contributed by atoms with Gasteiger partial charge in [0.1, 0.15) is 11.9 Å². The molecule has 1 heterocycles. The number of carbonyl (C=O) groups is 1. The molecule has 0 spiro atoms. The van der Waals surface area contributed by atoms with Gasteiger partial charge in [-0.15, -0.1) is 0 Å². The number of hydrogen-bond acceptors (Lipinski definition) is 2. The van der Waals surface area contributed by atoms with Crippen LogP contribution in [0.1, 0.15) is 41.4 Å². The zero-order valence-corrected chi connectivity index (χ0v) is 12.3. The quantitative estimate of drug-likeness (QED) is 0.935. The predicted molar refractivity (Wildman–Crippen MR) is 82.6 cm³/mol. The molecule has 0 aliphatic carbocycles. The van der Waals surface area contributed by atoms with Crippen LogP contribution in [0, 0.1) is 0 Å². The maximum atomic E-state index is 12.4. The van der Waals surface area contributed by atoms with Crippen LogP contribution in [0.15, 0.2) is 48.5 Å². The minimum absolute atomic E-state index is 0.0119. The summed E-state index contributed by atoms with van der Waals surface area (Å²) >= 11 is 0. The Morgan fingerprint density at radius 2 is 2.00 bits per heavy atom. The summed E-state index contributed by atoms with van der Waals surface area (Å²) in [5, 5.41) is 3.04. The minimum atomic E-state index is -0.0475. The number of amides is 1. The maximum Gasteiger partial charge on any atom is 0.251 e. The summed E-state index contributed by atoms with van der Waals surface area (Å²) in [5.74, 6) is 0.851. The average Bonchev–Trinajstić information content (AvgIpc) is 2.87. The van der Waals surface area contributed by atoms with Crippen LogP contribution in [-0.4, -0.2) is 12.0 Å². The van der Waals surface area contributed by atoms with Crippen molar-refractivity contribution in [2.75, 3.05) is 0 Å². The van der Waals surface area contributed by atoms with E-state index in [1.54, 1.807) is 0 Å². The van der Waals surface area contributed by atoms with E-state index < -0.39 is 0 Å². The van der Waals surface area contributed by atoms with Gasteiger partial charge in [0.2, 0.25) is 0 Å². The van der Waals surface area contributed by atoms with E-state index in [9.17, 15) is 4.79 Å². The molecule has 1 aliphatic heterocycles. The van der Waals surface area contributed by atoms with E-state index in [2.05, 4.69) is 5.32 Å². The van der Waals surface area contributed by atoms with Crippen molar-refractivity contribution in [3.8, 4) is 5.75 Å². The molecule has 2 aromatic rings. The molecule has 3 rings (SSSR count). The van der Waals surface area contributed by atoms with Gasteiger partial charge in [0, 0.05) is 12.0 Å². The van der Waals surface area contributed by atoms with Crippen LogP contribution in [0.3, 0.4) is 0 Å². The van der Waals surface area contributed by atoms with Gasteiger partial charge in [-0.25, -0.2) is 0 Å². The first-order chi connectivity index (χ1) is 10.1. The number of rotatable bonds is 3. The van der Waals surface area contributed by atoms with Crippen molar-refractivity contribution < 1.29 is 9.53 Å². The van der Waals surface area contributed by atoms with Crippen LogP contribution in [0.2, 0.25) is 0 Å². The highest BCUT2D eigenvalue weighted by Gasteiger charge is 2.20. The van der Waals surface area contributed by atoms with Crippen molar-refractivity contribution >= 4 is 5.91 Å². The van der Waals surface area contributed by atoms with E-state index in [1.807, 2.05) is 62.4 Å². The molecule has 1 amide bonds. The van der Waals surface area contributed by atoms with Crippen molar-refractivity contribution in [1.82, 2.24) is 5.32 Å². The van der Waals surface area contributed by atoms with Gasteiger partial charge in [0.05, 0.1) is 6.04 Å². The number of fused-ring (bicyclic) bond motifs is 1. The number of hydrogen-bond donors (Lipinski definition) is 1. The largest absolute Gasteiger partial charge is 0.490 e. The highest BCUT2D eigenvalue weighted by molar-refractivity contribution is 5.94. The summed E-state index contributed by atoms with van der Waals surface area (Å²) in [7, 11) is 0. The molecule has 0 fully saturated rings. The summed E-state index contributed by atoms with van der Waals surface area (Å²) in [4.78, 5) is 12.4. The maximum absolute atomic E-state index is 12.4. The third kappa shape index (κ3) is 2.92. The van der Waals surface area contributed by atoms with Gasteiger partial charge in [-0.3, -0.25) is 4.79 Å². The molecule has 0 saturated heterocycles. The molecule has 2 atom stereocenters. The summed E-state index contributed by atoms with van der Waals surface area (Å²) in [6.45, 7) is 4.03. The third-order valence-corrected chi connectivity index (χ3v) is 3.81. The van der Waals surface area contributed by atoms with E-state index in [-0.39, 0.29) is 18.1 Å². The lowest BCUT2D eigenvalue weighted by Gasteiger charge is -2.14. The predicted octanol–water partition coefficient (Wildman–Crippen LogP) is 3.50. The third-order valence-electron chi connectivity index (χ3n) is 3.81. The Hall–Kier alpha value is -2.29. The molecule has 1 N–H and O–H groups in total. The molecule has 2 aromatic carbocycles. The highest BCUT2D eigenvalue weighted by Crippen LogP contribution is 2.29. The molecule has 3 heteroatoms. The standard InChI is InChI=1S/C18H19NO2/c1-12-10-16-11-15(8-9-17(16)21-12)18(20)19-13(2)14-6-4-3-5-7-14/h3-9,11-13H,10H2,1-2H3,(H,19,20)/t12-,13+/m0/s1. The Morgan fingerprint density at radius 3 is 2.76 bits per heavy atom. The van der Waals surface area contributed by atoms with Crippen molar-refractivity contribution in [2.45, 2.75) is 32.4 Å². The lowest BCUT2D eigenvalue weighted by Crippen LogP contribution is -2.26. The fourth-order valence-electron chi connectivity index (χ4n) is 2.67. The fourth-order valence-corrected chi connectivity index (χ4v) is 2.67. The molecule has 0 radical (unpaired) electrons. The van der Waals surface area contributed by atoms with Crippen LogP contribution in [0.5, 0.6) is 5.75 Å². The molecule has 21 heavy (non-hydrogen) atoms. The zero-order chi connectivity index (χ0) is 14.8. The van der Waals surface area contributed by atoms with E-state index in [0.29, 0.717) is 5.56 Å². The summed E-state index contributed by atoms with van der Waals surface area (Å²) < 4.78 is 5.66. The number of benzene rings is 2. The Kier molecular flexibility index (Phi) is 3.65. The van der Waals surface area contributed by atoms with Gasteiger partial charge in [0.15, 0.2) is 0 Å². The Labute approximate surface area is 124 Å². The van der Waals surface area contributed by atoms with E-state index in [0.717, 1.165) is 23.3 Å². The first kappa shape index (κ1) is 13.7. The van der Waals surface area contributed by atoms with Gasteiger partial charge < -0.3 is 10.1 Å². The Balaban J connectivity index is 1.73. The molecule has 0 unspecified atom stereocenters. The fraction of sp³-hybridized carbons (Fsp3) is 0.278. The van der Waals surface area contributed by atoms with Crippen LogP contribution in [-0.2, 0) is 6.42 Å². The summed E-state index contributed by atoms with van der Waals surface area (Å²) in [5.41, 5.74) is 2.90. The monoisotopic (exact) mass is 281 g/mol. The molecule has 1 aliphatic rings. The topological polar surface area (TPSA) is 38.3 Å². The average molecular weight is 281 g/mol. The SMILES string of the molecule is C[C@H]1Cc2cc(C(=O)N[C@H](C)c3ccccc3)ccc2O1. The van der Waals surface area contributed by atoms with Gasteiger partial charge in [-0.05, 0) is 43.2 Å². The lowest BCUT2D eigenvalue weighted by atomic mass is 10.1. The van der Waals surface area contributed by atoms with Crippen molar-refractivity contribution in [3.63, 3.8) is 0 Å². The second-order valence-corrected chi connectivity index (χ2v) is 5.56. The smallest absolute Gasteiger partial charge is 0.251 e. The van der Waals surface area contributed by atoms with Crippen molar-refractivity contribution in [2.24, 2.45) is 0 Å². The molecule has 0 aromatic heterocycles. The van der Waals surface area contributed by atoms with Crippen LogP contribution < -0.4 is 10.1 Å². The summed E-state index contributed by atoms with van der Waals surface area (Å²) in [6, 6.07) is 15.6. The normalized spacial score (nSPS) is 17.7. The Bertz CT molecular complexity index is 652. The van der Waals surface area contributed by atoms with E-state index in [4.69, 9.17) is 4.74 Å². The lowest BCUT2D eigenvalue weighted by molar-refractivity contribution is 0.0940. The van der Waals surface area contributed by atoms with Crippen LogP contribution in [0.4, 0.5) is 0 Å². The summed E-state index contributed by atoms with van der Waals surface area (Å²) in [6.07, 6.45) is 1.06. The van der Waals surface area contributed by atoms with E-state index >= 15 is 0 Å². The van der Waals surface area contributed by atoms with Gasteiger partial charge in [-0.1, -0.05) is 30.3 Å². The van der Waals surface area contributed by atoms with Crippen molar-refractivity contribution in [1.29, 1.82) is 0 Å². The van der Waals surface area contributed by atoms with Crippen LogP contribution >= 0.6 is 0 Å². The Morgan fingerprint density at radius 1 is 1.24 bits per heavy atom. The number of ether oxygens (including phenoxy) is 1. The second kappa shape index (κ2) is 5.60. The van der Waals surface area contributed by atoms with Crippen LogP contribution in [0.25, 0.3) is 0 Å². The minimum Gasteiger partial charge on any atom is -0.490 e. The van der Waals surface area contributed by atoms with Gasteiger partial charge >= 0.3 is 0 Å². The molecular formula is C18H19NO2. The van der Waals surface area contributed by atoms with Gasteiger partial charge in [-0.2, -0.15) is 0 Å². The van der Waals surface area contributed by atoms with E-state index in [1.165, 1.54) is 0 Å². The first-order valence-corrected chi connectivity index (χ1v) is 7.29. The molecular weight excluding hydrogens is 262 g/mol. The van der Waals surface area contributed by atoms with Crippen molar-refractivity contribution in [3.05, 3.63) is 65.2 Å². The first-order valence-electron chi connectivity index (χ1n) is 7.29.